The van der Waals surface area contributed by atoms with Gasteiger partial charge in [0.05, 0.1) is 11.8 Å². The first kappa shape index (κ1) is 15.1. The Balaban J connectivity index is 1.90. The van der Waals surface area contributed by atoms with E-state index in [4.69, 9.17) is 9.78 Å². The van der Waals surface area contributed by atoms with Crippen LogP contribution in [-0.2, 0) is 12.2 Å². The highest BCUT2D eigenvalue weighted by molar-refractivity contribution is 9.10. The van der Waals surface area contributed by atoms with Crippen molar-refractivity contribution in [2.45, 2.75) is 30.4 Å². The Morgan fingerprint density at radius 2 is 2.25 bits per heavy atom. The zero-order chi connectivity index (χ0) is 14.4. The molecule has 104 valence electrons. The summed E-state index contributed by atoms with van der Waals surface area (Å²) in [6, 6.07) is 10.2. The Morgan fingerprint density at radius 3 is 3.00 bits per heavy atom. The van der Waals surface area contributed by atoms with Crippen LogP contribution in [-0.4, -0.2) is 10.1 Å². The average molecular weight is 352 g/mol. The van der Waals surface area contributed by atoms with Gasteiger partial charge < -0.3 is 4.52 Å². The smallest absolute Gasteiger partial charge is 0.226 e. The molecule has 0 amide bonds. The van der Waals surface area contributed by atoms with E-state index in [0.717, 1.165) is 9.37 Å². The van der Waals surface area contributed by atoms with E-state index in [9.17, 15) is 0 Å². The van der Waals surface area contributed by atoms with Gasteiger partial charge in [0.1, 0.15) is 0 Å². The summed E-state index contributed by atoms with van der Waals surface area (Å²) in [7, 11) is 0. The van der Waals surface area contributed by atoms with E-state index >= 15 is 0 Å². The third kappa shape index (κ3) is 4.36. The Labute approximate surface area is 130 Å². The van der Waals surface area contributed by atoms with Crippen LogP contribution in [0.1, 0.15) is 25.1 Å². The van der Waals surface area contributed by atoms with Gasteiger partial charge >= 0.3 is 0 Å². The predicted molar refractivity (Wildman–Crippen MR) is 81.1 cm³/mol. The first-order chi connectivity index (χ1) is 9.69. The monoisotopic (exact) mass is 351 g/mol. The molecule has 0 N–H and O–H groups in total. The quantitative estimate of drug-likeness (QED) is 0.729. The van der Waals surface area contributed by atoms with Crippen LogP contribution in [0.25, 0.3) is 0 Å². The van der Waals surface area contributed by atoms with Crippen LogP contribution in [0.5, 0.6) is 0 Å². The summed E-state index contributed by atoms with van der Waals surface area (Å²) in [5, 5.41) is 12.6. The first-order valence-corrected chi connectivity index (χ1v) is 8.02. The van der Waals surface area contributed by atoms with Crippen LogP contribution in [0.2, 0.25) is 0 Å². The van der Waals surface area contributed by atoms with E-state index < -0.39 is 0 Å². The van der Waals surface area contributed by atoms with Crippen LogP contribution in [0.4, 0.5) is 0 Å². The molecular weight excluding hydrogens is 338 g/mol. The lowest BCUT2D eigenvalue weighted by Crippen LogP contribution is -1.98. The normalized spacial score (nSPS) is 12.1. The fraction of sp³-hybridized carbons (Fsp3) is 0.357. The lowest BCUT2D eigenvalue weighted by molar-refractivity contribution is 0.356. The molecule has 0 aliphatic rings. The van der Waals surface area contributed by atoms with Crippen molar-refractivity contribution in [1.29, 1.82) is 5.26 Å². The van der Waals surface area contributed by atoms with Gasteiger partial charge in [-0.15, -0.1) is 11.8 Å². The molecule has 0 saturated heterocycles. The first-order valence-electron chi connectivity index (χ1n) is 6.24. The number of thioether (sulfide) groups is 1. The molecule has 0 bridgehead atoms. The highest BCUT2D eigenvalue weighted by Crippen LogP contribution is 2.29. The highest BCUT2D eigenvalue weighted by atomic mass is 79.9. The van der Waals surface area contributed by atoms with Crippen LogP contribution in [0.15, 0.2) is 38.2 Å². The number of hydrogen-bond donors (Lipinski definition) is 0. The predicted octanol–water partition coefficient (Wildman–Crippen LogP) is 4.22. The number of aromatic nitrogens is 2. The van der Waals surface area contributed by atoms with Gasteiger partial charge in [-0.05, 0) is 34.0 Å². The van der Waals surface area contributed by atoms with Gasteiger partial charge in [0, 0.05) is 22.2 Å². The molecule has 0 aliphatic carbocycles. The van der Waals surface area contributed by atoms with Gasteiger partial charge in [-0.1, -0.05) is 24.2 Å². The van der Waals surface area contributed by atoms with Crippen molar-refractivity contribution in [3.63, 3.8) is 0 Å². The molecule has 0 spiro atoms. The molecule has 1 heterocycles. The summed E-state index contributed by atoms with van der Waals surface area (Å²) < 4.78 is 6.27. The van der Waals surface area contributed by atoms with E-state index in [1.165, 1.54) is 0 Å². The number of benzene rings is 1. The fourth-order valence-corrected chi connectivity index (χ4v) is 3.07. The van der Waals surface area contributed by atoms with Crippen LogP contribution in [0, 0.1) is 17.2 Å². The van der Waals surface area contributed by atoms with Gasteiger partial charge in [-0.3, -0.25) is 0 Å². The molecule has 0 aliphatic heterocycles. The minimum atomic E-state index is 0.240. The zero-order valence-corrected chi connectivity index (χ0v) is 13.4. The second kappa shape index (κ2) is 7.46. The summed E-state index contributed by atoms with van der Waals surface area (Å²) in [5.74, 6) is 2.20. The molecule has 0 saturated carbocycles. The van der Waals surface area contributed by atoms with Crippen molar-refractivity contribution in [3.05, 3.63) is 40.5 Å². The van der Waals surface area contributed by atoms with Crippen molar-refractivity contribution in [2.75, 3.05) is 0 Å². The van der Waals surface area contributed by atoms with E-state index in [1.807, 2.05) is 31.2 Å². The van der Waals surface area contributed by atoms with E-state index in [1.54, 1.807) is 11.8 Å². The number of nitrogens with zero attached hydrogens (tertiary/aromatic N) is 3. The van der Waals surface area contributed by atoms with Gasteiger partial charge in [0.2, 0.25) is 5.89 Å². The Bertz CT molecular complexity index is 608. The number of rotatable bonds is 6. The molecule has 1 unspecified atom stereocenters. The molecule has 6 heteroatoms. The summed E-state index contributed by atoms with van der Waals surface area (Å²) in [5.41, 5.74) is 0. The second-order valence-corrected chi connectivity index (χ2v) is 6.37. The zero-order valence-electron chi connectivity index (χ0n) is 11.0. The van der Waals surface area contributed by atoms with Crippen molar-refractivity contribution in [3.8, 4) is 6.07 Å². The maximum Gasteiger partial charge on any atom is 0.226 e. The third-order valence-corrected chi connectivity index (χ3v) is 4.69. The van der Waals surface area contributed by atoms with Gasteiger partial charge in [0.15, 0.2) is 5.82 Å². The molecule has 1 atom stereocenters. The topological polar surface area (TPSA) is 62.7 Å². The van der Waals surface area contributed by atoms with E-state index in [0.29, 0.717) is 30.3 Å². The minimum Gasteiger partial charge on any atom is -0.339 e. The van der Waals surface area contributed by atoms with Crippen LogP contribution >= 0.6 is 27.7 Å². The summed E-state index contributed by atoms with van der Waals surface area (Å²) in [6.07, 6.45) is 1.16. The molecule has 0 fully saturated rings. The third-order valence-electron chi connectivity index (χ3n) is 2.67. The minimum absolute atomic E-state index is 0.240. The Kier molecular flexibility index (Phi) is 5.62. The maximum atomic E-state index is 8.63. The fourth-order valence-electron chi connectivity index (χ4n) is 1.66. The van der Waals surface area contributed by atoms with E-state index in [-0.39, 0.29) is 5.92 Å². The SMILES string of the molecule is CC(CC#N)Cc1nc(CSc2ccccc2Br)no1. The van der Waals surface area contributed by atoms with Gasteiger partial charge in [-0.2, -0.15) is 10.2 Å². The summed E-state index contributed by atoms with van der Waals surface area (Å²) in [4.78, 5) is 5.50. The molecule has 20 heavy (non-hydrogen) atoms. The highest BCUT2D eigenvalue weighted by Gasteiger charge is 2.11. The van der Waals surface area contributed by atoms with Crippen molar-refractivity contribution in [1.82, 2.24) is 10.1 Å². The van der Waals surface area contributed by atoms with Crippen molar-refractivity contribution < 1.29 is 4.52 Å². The standard InChI is InChI=1S/C14H14BrN3OS/c1-10(6-7-16)8-14-17-13(18-19-14)9-20-12-5-3-2-4-11(12)15/h2-5,10H,6,8-9H2,1H3. The molecule has 0 radical (unpaired) electrons. The molecule has 2 rings (SSSR count). The summed E-state index contributed by atoms with van der Waals surface area (Å²) in [6.45, 7) is 2.00. The van der Waals surface area contributed by atoms with Gasteiger partial charge in [0.25, 0.3) is 0 Å². The Hall–Kier alpha value is -1.32. The lowest BCUT2D eigenvalue weighted by Gasteiger charge is -2.01. The van der Waals surface area contributed by atoms with Crippen LogP contribution < -0.4 is 0 Å². The maximum absolute atomic E-state index is 8.63. The molecule has 1 aromatic carbocycles. The largest absolute Gasteiger partial charge is 0.339 e. The Morgan fingerprint density at radius 1 is 1.45 bits per heavy atom. The van der Waals surface area contributed by atoms with E-state index in [2.05, 4.69) is 32.1 Å². The number of hydrogen-bond acceptors (Lipinski definition) is 5. The second-order valence-electron chi connectivity index (χ2n) is 4.49. The van der Waals surface area contributed by atoms with Crippen molar-refractivity contribution >= 4 is 27.7 Å². The molecule has 2 aromatic rings. The molecular formula is C14H14BrN3OS. The van der Waals surface area contributed by atoms with Gasteiger partial charge in [-0.25, -0.2) is 0 Å². The summed E-state index contributed by atoms with van der Waals surface area (Å²) >= 11 is 5.17. The average Bonchev–Trinajstić information content (AvgIpc) is 2.85. The number of nitriles is 1. The lowest BCUT2D eigenvalue weighted by atomic mass is 10.1. The van der Waals surface area contributed by atoms with Crippen LogP contribution in [0.3, 0.4) is 0 Å². The molecule has 1 aromatic heterocycles. The van der Waals surface area contributed by atoms with Crippen molar-refractivity contribution in [2.24, 2.45) is 5.92 Å². The molecule has 4 nitrogen and oxygen atoms in total. The number of halogens is 1.